The molecule has 0 bridgehead atoms. The van der Waals surface area contributed by atoms with Gasteiger partial charge in [0.2, 0.25) is 5.91 Å². The van der Waals surface area contributed by atoms with Gasteiger partial charge in [0.25, 0.3) is 5.56 Å². The lowest BCUT2D eigenvalue weighted by Crippen LogP contribution is -2.40. The highest BCUT2D eigenvalue weighted by molar-refractivity contribution is 5.91. The number of aromatic amines is 1. The monoisotopic (exact) mass is 305 g/mol. The van der Waals surface area contributed by atoms with Gasteiger partial charge in [0, 0.05) is 24.0 Å². The SMILES string of the molecule is NC(=O)Cc1c(N2CCOCC2)c(=O)[nH]c2ccc(F)cc12. The Bertz CT molecular complexity index is 781. The van der Waals surface area contributed by atoms with E-state index in [0.29, 0.717) is 48.5 Å². The number of hydrogen-bond donors (Lipinski definition) is 2. The van der Waals surface area contributed by atoms with Crippen molar-refractivity contribution in [1.82, 2.24) is 4.98 Å². The fraction of sp³-hybridized carbons (Fsp3) is 0.333. The van der Waals surface area contributed by atoms with Gasteiger partial charge >= 0.3 is 0 Å². The first-order valence-electron chi connectivity index (χ1n) is 7.01. The van der Waals surface area contributed by atoms with Gasteiger partial charge in [0.05, 0.1) is 19.6 Å². The Hall–Kier alpha value is -2.41. The van der Waals surface area contributed by atoms with Gasteiger partial charge in [0.15, 0.2) is 0 Å². The largest absolute Gasteiger partial charge is 0.378 e. The third kappa shape index (κ3) is 2.67. The summed E-state index contributed by atoms with van der Waals surface area (Å²) in [6, 6.07) is 4.06. The summed E-state index contributed by atoms with van der Waals surface area (Å²) in [6.45, 7) is 2.07. The second-order valence-corrected chi connectivity index (χ2v) is 5.21. The van der Waals surface area contributed by atoms with Crippen LogP contribution >= 0.6 is 0 Å². The molecule has 116 valence electrons. The number of morpholine rings is 1. The molecule has 6 nitrogen and oxygen atoms in total. The summed E-state index contributed by atoms with van der Waals surface area (Å²) in [7, 11) is 0. The Kier molecular flexibility index (Phi) is 3.81. The van der Waals surface area contributed by atoms with Crippen LogP contribution in [0.5, 0.6) is 0 Å². The van der Waals surface area contributed by atoms with Crippen LogP contribution in [0.4, 0.5) is 10.1 Å². The first kappa shape index (κ1) is 14.5. The maximum atomic E-state index is 13.6. The quantitative estimate of drug-likeness (QED) is 0.866. The standard InChI is InChI=1S/C15H16FN3O3/c16-9-1-2-12-10(7-9)11(8-13(17)20)14(15(21)18-12)19-3-5-22-6-4-19/h1-2,7H,3-6,8H2,(H2,17,20)(H,18,21). The van der Waals surface area contributed by atoms with E-state index >= 15 is 0 Å². The highest BCUT2D eigenvalue weighted by atomic mass is 19.1. The van der Waals surface area contributed by atoms with Gasteiger partial charge in [0.1, 0.15) is 11.5 Å². The lowest BCUT2D eigenvalue weighted by molar-refractivity contribution is -0.117. The fourth-order valence-corrected chi connectivity index (χ4v) is 2.80. The number of rotatable bonds is 3. The van der Waals surface area contributed by atoms with Gasteiger partial charge in [-0.25, -0.2) is 4.39 Å². The second-order valence-electron chi connectivity index (χ2n) is 5.21. The van der Waals surface area contributed by atoms with Gasteiger partial charge in [-0.2, -0.15) is 0 Å². The molecule has 1 fully saturated rings. The summed E-state index contributed by atoms with van der Waals surface area (Å²) >= 11 is 0. The number of benzene rings is 1. The minimum absolute atomic E-state index is 0.115. The molecule has 7 heteroatoms. The van der Waals surface area contributed by atoms with E-state index in [-0.39, 0.29) is 12.0 Å². The molecule has 0 radical (unpaired) electrons. The number of carbonyl (C=O) groups excluding carboxylic acids is 1. The number of fused-ring (bicyclic) bond motifs is 1. The van der Waals surface area contributed by atoms with Crippen molar-refractivity contribution in [1.29, 1.82) is 0 Å². The van der Waals surface area contributed by atoms with Crippen LogP contribution in [0.2, 0.25) is 0 Å². The number of pyridine rings is 1. The molecule has 2 heterocycles. The van der Waals surface area contributed by atoms with Gasteiger partial charge < -0.3 is 20.4 Å². The number of ether oxygens (including phenoxy) is 1. The Morgan fingerprint density at radius 3 is 2.77 bits per heavy atom. The Labute approximate surface area is 125 Å². The fourth-order valence-electron chi connectivity index (χ4n) is 2.80. The van der Waals surface area contributed by atoms with Crippen LogP contribution in [0.25, 0.3) is 10.9 Å². The normalized spacial score (nSPS) is 15.2. The highest BCUT2D eigenvalue weighted by Crippen LogP contribution is 2.26. The Morgan fingerprint density at radius 1 is 1.36 bits per heavy atom. The van der Waals surface area contributed by atoms with Crippen molar-refractivity contribution in [3.8, 4) is 0 Å². The summed E-state index contributed by atoms with van der Waals surface area (Å²) < 4.78 is 18.9. The molecule has 22 heavy (non-hydrogen) atoms. The molecule has 3 N–H and O–H groups in total. The maximum Gasteiger partial charge on any atom is 0.272 e. The predicted molar refractivity (Wildman–Crippen MR) is 80.5 cm³/mol. The zero-order valence-electron chi connectivity index (χ0n) is 11.9. The lowest BCUT2D eigenvalue weighted by Gasteiger charge is -2.30. The van der Waals surface area contributed by atoms with Crippen molar-refractivity contribution in [2.24, 2.45) is 5.73 Å². The average molecular weight is 305 g/mol. The van der Waals surface area contributed by atoms with E-state index < -0.39 is 11.7 Å². The summed E-state index contributed by atoms with van der Waals surface area (Å²) in [4.78, 5) is 28.4. The van der Waals surface area contributed by atoms with Crippen molar-refractivity contribution in [2.45, 2.75) is 6.42 Å². The molecule has 0 atom stereocenters. The van der Waals surface area contributed by atoms with Gasteiger partial charge in [-0.1, -0.05) is 0 Å². The average Bonchev–Trinajstić information content (AvgIpc) is 2.48. The van der Waals surface area contributed by atoms with Crippen LogP contribution in [-0.4, -0.2) is 37.2 Å². The van der Waals surface area contributed by atoms with Crippen LogP contribution in [-0.2, 0) is 16.0 Å². The van der Waals surface area contributed by atoms with E-state index in [0.717, 1.165) is 0 Å². The summed E-state index contributed by atoms with van der Waals surface area (Å²) in [6.07, 6.45) is -0.115. The van der Waals surface area contributed by atoms with Crippen molar-refractivity contribution in [3.63, 3.8) is 0 Å². The molecule has 0 saturated carbocycles. The first-order valence-corrected chi connectivity index (χ1v) is 7.01. The number of halogens is 1. The molecule has 1 aromatic carbocycles. The number of aromatic nitrogens is 1. The van der Waals surface area contributed by atoms with Crippen LogP contribution in [0.3, 0.4) is 0 Å². The molecule has 0 aliphatic carbocycles. The Balaban J connectivity index is 2.25. The number of hydrogen-bond acceptors (Lipinski definition) is 4. The maximum absolute atomic E-state index is 13.6. The van der Waals surface area contributed by atoms with Gasteiger partial charge in [-0.15, -0.1) is 0 Å². The minimum atomic E-state index is -0.564. The van der Waals surface area contributed by atoms with Crippen molar-refractivity contribution in [3.05, 3.63) is 39.9 Å². The second kappa shape index (κ2) is 5.76. The molecule has 1 aromatic heterocycles. The van der Waals surface area contributed by atoms with Crippen molar-refractivity contribution < 1.29 is 13.9 Å². The lowest BCUT2D eigenvalue weighted by atomic mass is 10.0. The molecule has 1 aliphatic rings. The summed E-state index contributed by atoms with van der Waals surface area (Å²) in [5.74, 6) is -0.996. The van der Waals surface area contributed by atoms with Crippen LogP contribution in [0.1, 0.15) is 5.56 Å². The highest BCUT2D eigenvalue weighted by Gasteiger charge is 2.22. The molecular formula is C15H16FN3O3. The molecule has 1 amide bonds. The van der Waals surface area contributed by atoms with Crippen LogP contribution in [0, 0.1) is 5.82 Å². The van der Waals surface area contributed by atoms with Crippen molar-refractivity contribution in [2.75, 3.05) is 31.2 Å². The van der Waals surface area contributed by atoms with E-state index in [9.17, 15) is 14.0 Å². The zero-order chi connectivity index (χ0) is 15.7. The predicted octanol–water partition coefficient (Wildman–Crippen LogP) is 0.532. The Morgan fingerprint density at radius 2 is 2.09 bits per heavy atom. The number of anilines is 1. The number of amides is 1. The first-order chi connectivity index (χ1) is 10.6. The number of nitrogens with one attached hydrogen (secondary N) is 1. The van der Waals surface area contributed by atoms with Crippen molar-refractivity contribution >= 4 is 22.5 Å². The van der Waals surface area contributed by atoms with E-state index in [1.807, 2.05) is 4.90 Å². The van der Waals surface area contributed by atoms with Gasteiger partial charge in [-0.3, -0.25) is 9.59 Å². The molecule has 0 spiro atoms. The molecular weight excluding hydrogens is 289 g/mol. The third-order valence-corrected chi connectivity index (χ3v) is 3.73. The zero-order valence-corrected chi connectivity index (χ0v) is 11.9. The summed E-state index contributed by atoms with van der Waals surface area (Å²) in [5.41, 5.74) is 6.33. The van der Waals surface area contributed by atoms with Crippen LogP contribution in [0.15, 0.2) is 23.0 Å². The number of H-pyrrole nitrogens is 1. The topological polar surface area (TPSA) is 88.4 Å². The molecule has 0 unspecified atom stereocenters. The smallest absolute Gasteiger partial charge is 0.272 e. The van der Waals surface area contributed by atoms with E-state index in [4.69, 9.17) is 10.5 Å². The third-order valence-electron chi connectivity index (χ3n) is 3.73. The molecule has 1 saturated heterocycles. The summed E-state index contributed by atoms with van der Waals surface area (Å²) in [5, 5.41) is 0.500. The van der Waals surface area contributed by atoms with E-state index in [2.05, 4.69) is 4.98 Å². The van der Waals surface area contributed by atoms with Gasteiger partial charge in [-0.05, 0) is 23.8 Å². The van der Waals surface area contributed by atoms with Crippen LogP contribution < -0.4 is 16.2 Å². The van der Waals surface area contributed by atoms with E-state index in [1.165, 1.54) is 18.2 Å². The number of nitrogens with two attached hydrogens (primary N) is 1. The number of carbonyl (C=O) groups is 1. The number of nitrogens with zero attached hydrogens (tertiary/aromatic N) is 1. The van der Waals surface area contributed by atoms with E-state index in [1.54, 1.807) is 0 Å². The molecule has 3 rings (SSSR count). The minimum Gasteiger partial charge on any atom is -0.378 e. The molecule has 1 aliphatic heterocycles. The number of primary amides is 1. The molecule has 2 aromatic rings.